The van der Waals surface area contributed by atoms with Crippen molar-refractivity contribution in [3.05, 3.63) is 28.1 Å². The van der Waals surface area contributed by atoms with Gasteiger partial charge in [0, 0.05) is 19.2 Å². The zero-order chi connectivity index (χ0) is 13.1. The molecular weight excluding hydrogens is 236 g/mol. The van der Waals surface area contributed by atoms with Crippen molar-refractivity contribution in [1.82, 2.24) is 15.2 Å². The van der Waals surface area contributed by atoms with Crippen LogP contribution >= 0.6 is 0 Å². The molecule has 1 aromatic rings. The van der Waals surface area contributed by atoms with Crippen LogP contribution in [0.15, 0.2) is 12.3 Å². The van der Waals surface area contributed by atoms with E-state index >= 15 is 0 Å². The number of amides is 1. The number of carbonyl (C=O) groups excluding carboxylic acids is 1. The molecule has 0 unspecified atom stereocenters. The molecule has 7 heteroatoms. The Morgan fingerprint density at radius 2 is 2.22 bits per heavy atom. The number of hydrogen-bond acceptors (Lipinski definition) is 4. The van der Waals surface area contributed by atoms with Gasteiger partial charge in [0.1, 0.15) is 5.69 Å². The fourth-order valence-corrected chi connectivity index (χ4v) is 2.10. The number of piperidine rings is 1. The van der Waals surface area contributed by atoms with Gasteiger partial charge >= 0.3 is 0 Å². The summed E-state index contributed by atoms with van der Waals surface area (Å²) in [5.41, 5.74) is 0.258. The first-order chi connectivity index (χ1) is 8.58. The average molecular weight is 252 g/mol. The number of carbonyl (C=O) groups is 1. The van der Waals surface area contributed by atoms with Crippen LogP contribution in [-0.2, 0) is 7.05 Å². The van der Waals surface area contributed by atoms with Gasteiger partial charge < -0.3 is 15.2 Å². The van der Waals surface area contributed by atoms with Crippen LogP contribution in [0.25, 0.3) is 0 Å². The highest BCUT2D eigenvalue weighted by Crippen LogP contribution is 2.15. The number of nitro groups is 1. The van der Waals surface area contributed by atoms with Gasteiger partial charge in [-0.1, -0.05) is 0 Å². The molecule has 1 saturated heterocycles. The maximum atomic E-state index is 12.0. The van der Waals surface area contributed by atoms with Gasteiger partial charge in [-0.2, -0.15) is 0 Å². The highest BCUT2D eigenvalue weighted by atomic mass is 16.6. The predicted molar refractivity (Wildman–Crippen MR) is 65.4 cm³/mol. The van der Waals surface area contributed by atoms with Crippen LogP contribution in [-0.4, -0.2) is 34.5 Å². The lowest BCUT2D eigenvalue weighted by Gasteiger charge is -2.23. The first-order valence-electron chi connectivity index (χ1n) is 5.90. The van der Waals surface area contributed by atoms with Crippen LogP contribution in [0.5, 0.6) is 0 Å². The van der Waals surface area contributed by atoms with Crippen molar-refractivity contribution in [2.45, 2.75) is 18.9 Å². The summed E-state index contributed by atoms with van der Waals surface area (Å²) in [6.07, 6.45) is 3.12. The molecule has 2 rings (SSSR count). The monoisotopic (exact) mass is 252 g/mol. The van der Waals surface area contributed by atoms with Gasteiger partial charge in [-0.3, -0.25) is 14.9 Å². The van der Waals surface area contributed by atoms with Crippen LogP contribution in [0.3, 0.4) is 0 Å². The summed E-state index contributed by atoms with van der Waals surface area (Å²) < 4.78 is 1.48. The second-order valence-corrected chi connectivity index (χ2v) is 4.45. The predicted octanol–water partition coefficient (Wildman–Crippen LogP) is 0.415. The Labute approximate surface area is 104 Å². The van der Waals surface area contributed by atoms with E-state index in [2.05, 4.69) is 10.6 Å². The summed E-state index contributed by atoms with van der Waals surface area (Å²) in [4.78, 5) is 22.1. The van der Waals surface area contributed by atoms with E-state index in [9.17, 15) is 14.9 Å². The zero-order valence-corrected chi connectivity index (χ0v) is 10.2. The molecule has 0 saturated carbocycles. The van der Waals surface area contributed by atoms with E-state index in [-0.39, 0.29) is 17.6 Å². The summed E-state index contributed by atoms with van der Waals surface area (Å²) in [5.74, 6) is -0.252. The minimum absolute atomic E-state index is 0.0621. The minimum atomic E-state index is -0.499. The summed E-state index contributed by atoms with van der Waals surface area (Å²) >= 11 is 0. The molecule has 0 radical (unpaired) electrons. The summed E-state index contributed by atoms with van der Waals surface area (Å²) in [6.45, 7) is 1.77. The number of aromatic nitrogens is 1. The highest BCUT2D eigenvalue weighted by molar-refractivity contribution is 5.93. The van der Waals surface area contributed by atoms with E-state index < -0.39 is 4.92 Å². The fraction of sp³-hybridized carbons (Fsp3) is 0.545. The molecule has 0 bridgehead atoms. The van der Waals surface area contributed by atoms with Crippen LogP contribution < -0.4 is 10.6 Å². The maximum Gasteiger partial charge on any atom is 0.287 e. The smallest absolute Gasteiger partial charge is 0.287 e. The van der Waals surface area contributed by atoms with Gasteiger partial charge in [-0.15, -0.1) is 0 Å². The average Bonchev–Trinajstić information content (AvgIpc) is 2.73. The van der Waals surface area contributed by atoms with Crippen molar-refractivity contribution in [1.29, 1.82) is 0 Å². The van der Waals surface area contributed by atoms with E-state index in [0.29, 0.717) is 5.69 Å². The molecular formula is C11H16N4O3. The SMILES string of the molecule is Cn1cc([N+](=O)[O-])cc1C(=O)NC1CCNCC1. The molecule has 2 heterocycles. The molecule has 98 valence electrons. The highest BCUT2D eigenvalue weighted by Gasteiger charge is 2.21. The lowest BCUT2D eigenvalue weighted by Crippen LogP contribution is -2.43. The van der Waals surface area contributed by atoms with Crippen molar-refractivity contribution in [3.8, 4) is 0 Å². The zero-order valence-electron chi connectivity index (χ0n) is 10.2. The van der Waals surface area contributed by atoms with Crippen LogP contribution in [0.1, 0.15) is 23.3 Å². The first kappa shape index (κ1) is 12.6. The first-order valence-corrected chi connectivity index (χ1v) is 5.90. The van der Waals surface area contributed by atoms with Gasteiger partial charge in [0.15, 0.2) is 0 Å². The van der Waals surface area contributed by atoms with E-state index in [1.165, 1.54) is 16.8 Å². The Hall–Kier alpha value is -1.89. The molecule has 0 spiro atoms. The van der Waals surface area contributed by atoms with Crippen LogP contribution in [0.4, 0.5) is 5.69 Å². The molecule has 0 aliphatic carbocycles. The number of aryl methyl sites for hydroxylation is 1. The molecule has 18 heavy (non-hydrogen) atoms. The van der Waals surface area contributed by atoms with Gasteiger partial charge in [0.25, 0.3) is 11.6 Å². The Balaban J connectivity index is 2.06. The van der Waals surface area contributed by atoms with E-state index in [1.54, 1.807) is 7.05 Å². The van der Waals surface area contributed by atoms with Crippen molar-refractivity contribution < 1.29 is 9.72 Å². The summed E-state index contributed by atoms with van der Waals surface area (Å²) in [6, 6.07) is 1.45. The van der Waals surface area contributed by atoms with Gasteiger partial charge in [-0.25, -0.2) is 0 Å². The van der Waals surface area contributed by atoms with E-state index in [0.717, 1.165) is 25.9 Å². The van der Waals surface area contributed by atoms with E-state index in [4.69, 9.17) is 0 Å². The van der Waals surface area contributed by atoms with Gasteiger partial charge in [0.2, 0.25) is 0 Å². The van der Waals surface area contributed by atoms with E-state index in [1.807, 2.05) is 0 Å². The third-order valence-electron chi connectivity index (χ3n) is 3.11. The van der Waals surface area contributed by atoms with Crippen molar-refractivity contribution >= 4 is 11.6 Å². The molecule has 0 atom stereocenters. The summed E-state index contributed by atoms with van der Waals surface area (Å²) in [7, 11) is 1.63. The number of hydrogen-bond donors (Lipinski definition) is 2. The second kappa shape index (κ2) is 5.18. The van der Waals surface area contributed by atoms with Crippen molar-refractivity contribution in [2.24, 2.45) is 7.05 Å². The molecule has 1 aliphatic heterocycles. The Morgan fingerprint density at radius 3 is 2.78 bits per heavy atom. The Bertz CT molecular complexity index is 463. The molecule has 1 amide bonds. The Kier molecular flexibility index (Phi) is 3.61. The topological polar surface area (TPSA) is 89.2 Å². The van der Waals surface area contributed by atoms with Crippen molar-refractivity contribution in [3.63, 3.8) is 0 Å². The molecule has 7 nitrogen and oxygen atoms in total. The molecule has 1 aliphatic rings. The lowest BCUT2D eigenvalue weighted by molar-refractivity contribution is -0.384. The molecule has 0 aromatic carbocycles. The normalized spacial score (nSPS) is 16.5. The Morgan fingerprint density at radius 1 is 1.56 bits per heavy atom. The number of rotatable bonds is 3. The third kappa shape index (κ3) is 2.67. The fourth-order valence-electron chi connectivity index (χ4n) is 2.10. The van der Waals surface area contributed by atoms with Crippen molar-refractivity contribution in [2.75, 3.05) is 13.1 Å². The maximum absolute atomic E-state index is 12.0. The number of nitrogens with one attached hydrogen (secondary N) is 2. The molecule has 1 fully saturated rings. The second-order valence-electron chi connectivity index (χ2n) is 4.45. The minimum Gasteiger partial charge on any atom is -0.348 e. The lowest BCUT2D eigenvalue weighted by atomic mass is 10.1. The number of nitrogens with zero attached hydrogens (tertiary/aromatic N) is 2. The van der Waals surface area contributed by atoms with Crippen LogP contribution in [0.2, 0.25) is 0 Å². The van der Waals surface area contributed by atoms with Crippen LogP contribution in [0, 0.1) is 10.1 Å². The standard InChI is InChI=1S/C11H16N4O3/c1-14-7-9(15(17)18)6-10(14)11(16)13-8-2-4-12-5-3-8/h6-8,12H,2-5H2,1H3,(H,13,16). The van der Waals surface area contributed by atoms with Gasteiger partial charge in [-0.05, 0) is 25.9 Å². The third-order valence-corrected chi connectivity index (χ3v) is 3.11. The molecule has 2 N–H and O–H groups in total. The summed E-state index contributed by atoms with van der Waals surface area (Å²) in [5, 5.41) is 16.7. The quantitative estimate of drug-likeness (QED) is 0.602. The van der Waals surface area contributed by atoms with Gasteiger partial charge in [0.05, 0.1) is 11.1 Å². The molecule has 1 aromatic heterocycles. The largest absolute Gasteiger partial charge is 0.348 e.